The van der Waals surface area contributed by atoms with Crippen LogP contribution in [0, 0.1) is 17.8 Å². The van der Waals surface area contributed by atoms with Gasteiger partial charge in [0, 0.05) is 17.9 Å². The molecule has 0 spiro atoms. The first-order valence-electron chi connectivity index (χ1n) is 12.5. The van der Waals surface area contributed by atoms with Gasteiger partial charge in [-0.1, -0.05) is 6.58 Å². The van der Waals surface area contributed by atoms with Gasteiger partial charge in [0.25, 0.3) is 5.91 Å². The van der Waals surface area contributed by atoms with Crippen molar-refractivity contribution in [3.8, 4) is 5.88 Å². The molecule has 2 atom stereocenters. The molecule has 0 radical (unpaired) electrons. The van der Waals surface area contributed by atoms with Gasteiger partial charge in [0.05, 0.1) is 17.8 Å². The van der Waals surface area contributed by atoms with Gasteiger partial charge in [-0.3, -0.25) is 4.79 Å². The van der Waals surface area contributed by atoms with Gasteiger partial charge in [0.15, 0.2) is 0 Å². The highest BCUT2D eigenvalue weighted by molar-refractivity contribution is 5.96. The van der Waals surface area contributed by atoms with Crippen molar-refractivity contribution in [1.29, 1.82) is 0 Å². The maximum Gasteiger partial charge on any atom is 0.405 e. The predicted octanol–water partition coefficient (Wildman–Crippen LogP) is 3.82. The summed E-state index contributed by atoms with van der Waals surface area (Å²) in [6.45, 7) is 13.7. The van der Waals surface area contributed by atoms with E-state index >= 15 is 0 Å². The van der Waals surface area contributed by atoms with Crippen LogP contribution in [0.4, 0.5) is 4.79 Å². The molecule has 4 saturated carbocycles. The minimum Gasteiger partial charge on any atom is -0.474 e. The summed E-state index contributed by atoms with van der Waals surface area (Å²) in [5, 5.41) is 11.0. The Morgan fingerprint density at radius 3 is 2.51 bits per heavy atom. The Morgan fingerprint density at radius 2 is 1.94 bits per heavy atom. The normalized spacial score (nSPS) is 29.4. The van der Waals surface area contributed by atoms with Gasteiger partial charge in [-0.25, -0.2) is 9.48 Å². The van der Waals surface area contributed by atoms with E-state index in [2.05, 4.69) is 22.3 Å². The van der Waals surface area contributed by atoms with Gasteiger partial charge < -0.3 is 25.8 Å². The van der Waals surface area contributed by atoms with Crippen molar-refractivity contribution in [3.05, 3.63) is 30.1 Å². The smallest absolute Gasteiger partial charge is 0.405 e. The van der Waals surface area contributed by atoms with Gasteiger partial charge in [0.1, 0.15) is 11.2 Å². The van der Waals surface area contributed by atoms with Crippen LogP contribution in [0.15, 0.2) is 24.5 Å². The molecule has 4 aliphatic rings. The van der Waals surface area contributed by atoms with Gasteiger partial charge >= 0.3 is 6.09 Å². The van der Waals surface area contributed by atoms with Gasteiger partial charge in [-0.15, -0.1) is 0 Å². The molecule has 0 aromatic carbocycles. The number of hydrogen-bond donors (Lipinski definition) is 3. The number of aromatic nitrogens is 2. The van der Waals surface area contributed by atoms with Crippen LogP contribution >= 0.6 is 0 Å². The van der Waals surface area contributed by atoms with E-state index in [1.54, 1.807) is 17.1 Å². The summed E-state index contributed by atoms with van der Waals surface area (Å²) >= 11 is 0. The van der Waals surface area contributed by atoms with Crippen molar-refractivity contribution in [2.75, 3.05) is 0 Å². The zero-order valence-corrected chi connectivity index (χ0v) is 21.5. The van der Waals surface area contributed by atoms with Crippen molar-refractivity contribution in [2.45, 2.75) is 90.0 Å². The highest BCUT2D eigenvalue weighted by atomic mass is 16.6. The van der Waals surface area contributed by atoms with E-state index in [-0.39, 0.29) is 35.4 Å². The fourth-order valence-corrected chi connectivity index (χ4v) is 6.56. The number of ether oxygens (including phenoxy) is 2. The maximum atomic E-state index is 13.5. The SMILES string of the molecule is C=C(C)NC(C)(C)/C=C/n1ncc(C(=O)NC2C3CC4CC2CC(OC(N)=O)(C4)C3)c1OC(C)C. The minimum absolute atomic E-state index is 0.0353. The Hall–Kier alpha value is -2.97. The Morgan fingerprint density at radius 1 is 1.29 bits per heavy atom. The highest BCUT2D eigenvalue weighted by Gasteiger charge is 2.57. The third-order valence-electron chi connectivity index (χ3n) is 7.34. The monoisotopic (exact) mass is 485 g/mol. The first-order chi connectivity index (χ1) is 16.4. The molecule has 2 amide bonds. The molecular weight excluding hydrogens is 446 g/mol. The van der Waals surface area contributed by atoms with Gasteiger partial charge in [-0.2, -0.15) is 5.10 Å². The summed E-state index contributed by atoms with van der Waals surface area (Å²) in [6.07, 6.45) is 8.94. The lowest BCUT2D eigenvalue weighted by Crippen LogP contribution is -2.63. The lowest BCUT2D eigenvalue weighted by Gasteiger charge is -2.58. The first-order valence-corrected chi connectivity index (χ1v) is 12.5. The summed E-state index contributed by atoms with van der Waals surface area (Å²) in [4.78, 5) is 25.0. The molecule has 35 heavy (non-hydrogen) atoms. The molecule has 2 unspecified atom stereocenters. The fraction of sp³-hybridized carbons (Fsp3) is 0.654. The van der Waals surface area contributed by atoms with Crippen molar-refractivity contribution in [2.24, 2.45) is 23.5 Å². The third-order valence-corrected chi connectivity index (χ3v) is 7.34. The van der Waals surface area contributed by atoms with E-state index in [1.165, 1.54) is 0 Å². The van der Waals surface area contributed by atoms with Gasteiger partial charge in [-0.05, 0) is 90.6 Å². The Bertz CT molecular complexity index is 1010. The largest absolute Gasteiger partial charge is 0.474 e. The molecule has 192 valence electrons. The molecule has 5 rings (SSSR count). The van der Waals surface area contributed by atoms with Crippen molar-refractivity contribution in [3.63, 3.8) is 0 Å². The van der Waals surface area contributed by atoms with Crippen LogP contribution in [0.2, 0.25) is 0 Å². The van der Waals surface area contributed by atoms with E-state index in [0.717, 1.165) is 37.8 Å². The second-order valence-corrected chi connectivity index (χ2v) is 11.5. The predicted molar refractivity (Wildman–Crippen MR) is 134 cm³/mol. The number of allylic oxidation sites excluding steroid dienone is 1. The quantitative estimate of drug-likeness (QED) is 0.489. The van der Waals surface area contributed by atoms with Crippen LogP contribution in [0.25, 0.3) is 6.20 Å². The molecule has 4 N–H and O–H groups in total. The van der Waals surface area contributed by atoms with E-state index < -0.39 is 11.7 Å². The average molecular weight is 486 g/mol. The minimum atomic E-state index is -0.704. The van der Waals surface area contributed by atoms with E-state index in [1.807, 2.05) is 40.7 Å². The van der Waals surface area contributed by atoms with E-state index in [9.17, 15) is 9.59 Å². The number of hydrogen-bond acceptors (Lipinski definition) is 6. The Labute approximate surface area is 207 Å². The number of amides is 2. The zero-order valence-electron chi connectivity index (χ0n) is 21.5. The zero-order chi connectivity index (χ0) is 25.5. The number of nitrogens with two attached hydrogens (primary N) is 1. The standard InChI is InChI=1S/C26H39N5O4/c1-15(2)30-25(5,6)7-8-31-23(34-16(3)4)20(14-28-31)22(32)29-21-18-9-17-10-19(21)13-26(11-17,12-18)35-24(27)33/h7-8,14,16-19,21,30H,1,9-13H2,2-6H3,(H2,27,33)(H,29,32)/b8-7+. The molecule has 9 heteroatoms. The molecule has 0 aliphatic heterocycles. The van der Waals surface area contributed by atoms with Crippen LogP contribution in [0.3, 0.4) is 0 Å². The number of primary amides is 1. The molecule has 1 aromatic heterocycles. The summed E-state index contributed by atoms with van der Waals surface area (Å²) < 4.78 is 13.2. The fourth-order valence-electron chi connectivity index (χ4n) is 6.56. The van der Waals surface area contributed by atoms with Crippen LogP contribution < -0.4 is 21.1 Å². The second-order valence-electron chi connectivity index (χ2n) is 11.5. The molecule has 4 fully saturated rings. The molecule has 1 aromatic rings. The van der Waals surface area contributed by atoms with Crippen LogP contribution in [0.5, 0.6) is 5.88 Å². The Kier molecular flexibility index (Phi) is 6.64. The van der Waals surface area contributed by atoms with Crippen LogP contribution in [0.1, 0.15) is 77.1 Å². The molecule has 4 aliphatic carbocycles. The summed E-state index contributed by atoms with van der Waals surface area (Å²) in [6, 6.07) is 0.0353. The molecule has 4 bridgehead atoms. The lowest BCUT2D eigenvalue weighted by molar-refractivity contribution is -0.137. The number of nitrogens with zero attached hydrogens (tertiary/aromatic N) is 2. The molecular formula is C26H39N5O4. The van der Waals surface area contributed by atoms with Crippen molar-refractivity contribution in [1.82, 2.24) is 20.4 Å². The molecule has 0 saturated heterocycles. The summed E-state index contributed by atoms with van der Waals surface area (Å²) in [5.74, 6) is 1.27. The highest BCUT2D eigenvalue weighted by Crippen LogP contribution is 2.57. The van der Waals surface area contributed by atoms with E-state index in [0.29, 0.717) is 17.4 Å². The van der Waals surface area contributed by atoms with Crippen LogP contribution in [-0.4, -0.2) is 45.1 Å². The number of carbonyl (C=O) groups excluding carboxylic acids is 2. The molecule has 1 heterocycles. The first kappa shape index (κ1) is 25.1. The van der Waals surface area contributed by atoms with Crippen molar-refractivity contribution >= 4 is 18.2 Å². The second kappa shape index (κ2) is 9.24. The third kappa shape index (κ3) is 5.49. The summed E-state index contributed by atoms with van der Waals surface area (Å²) in [5.41, 5.74) is 5.83. The topological polar surface area (TPSA) is 121 Å². The van der Waals surface area contributed by atoms with Gasteiger partial charge in [0.2, 0.25) is 5.88 Å². The summed E-state index contributed by atoms with van der Waals surface area (Å²) in [7, 11) is 0. The van der Waals surface area contributed by atoms with E-state index in [4.69, 9.17) is 15.2 Å². The molecule has 9 nitrogen and oxygen atoms in total. The average Bonchev–Trinajstić information content (AvgIpc) is 3.08. The number of carbonyl (C=O) groups is 2. The lowest BCUT2D eigenvalue weighted by atomic mass is 9.52. The van der Waals surface area contributed by atoms with Crippen LogP contribution in [-0.2, 0) is 4.74 Å². The maximum absolute atomic E-state index is 13.5. The number of nitrogens with one attached hydrogen (secondary N) is 2. The Balaban J connectivity index is 1.52. The number of rotatable bonds is 9. The van der Waals surface area contributed by atoms with Crippen molar-refractivity contribution < 1.29 is 19.1 Å².